The lowest BCUT2D eigenvalue weighted by Crippen LogP contribution is -2.17. The molecule has 1 aromatic carbocycles. The Morgan fingerprint density at radius 2 is 2.00 bits per heavy atom. The van der Waals surface area contributed by atoms with Crippen LogP contribution in [-0.2, 0) is 11.2 Å². The van der Waals surface area contributed by atoms with Gasteiger partial charge in [0, 0.05) is 5.02 Å². The zero-order valence-electron chi connectivity index (χ0n) is 7.71. The Hall–Kier alpha value is -1.43. The summed E-state index contributed by atoms with van der Waals surface area (Å²) < 4.78 is 39.3. The zero-order chi connectivity index (χ0) is 12.3. The van der Waals surface area contributed by atoms with E-state index in [0.29, 0.717) is 0 Å². The van der Waals surface area contributed by atoms with E-state index in [1.165, 1.54) is 6.07 Å². The maximum Gasteiger partial charge on any atom is 0.573 e. The van der Waals surface area contributed by atoms with Gasteiger partial charge in [0.05, 0.1) is 6.42 Å². The summed E-state index contributed by atoms with van der Waals surface area (Å²) >= 11 is 5.52. The average molecular weight is 255 g/mol. The minimum absolute atomic E-state index is 0.0157. The first kappa shape index (κ1) is 12.6. The van der Waals surface area contributed by atoms with Crippen molar-refractivity contribution in [3.05, 3.63) is 28.8 Å². The summed E-state index contributed by atoms with van der Waals surface area (Å²) in [6, 6.07) is 3.20. The number of benzene rings is 1. The van der Waals surface area contributed by atoms with Gasteiger partial charge in [-0.25, -0.2) is 0 Å². The fourth-order valence-electron chi connectivity index (χ4n) is 1.09. The van der Waals surface area contributed by atoms with Gasteiger partial charge >= 0.3 is 12.3 Å². The second kappa shape index (κ2) is 4.61. The van der Waals surface area contributed by atoms with Crippen LogP contribution in [0.3, 0.4) is 0 Å². The van der Waals surface area contributed by atoms with Crippen molar-refractivity contribution in [1.29, 1.82) is 0 Å². The molecule has 0 aliphatic heterocycles. The molecule has 1 N–H and O–H groups in total. The van der Waals surface area contributed by atoms with Crippen LogP contribution in [0.25, 0.3) is 0 Å². The van der Waals surface area contributed by atoms with E-state index in [1.807, 2.05) is 0 Å². The fraction of sp³-hybridized carbons (Fsp3) is 0.222. The van der Waals surface area contributed by atoms with Crippen LogP contribution in [0.4, 0.5) is 13.2 Å². The second-order valence-electron chi connectivity index (χ2n) is 2.91. The van der Waals surface area contributed by atoms with Gasteiger partial charge in [0.2, 0.25) is 0 Å². The van der Waals surface area contributed by atoms with E-state index >= 15 is 0 Å². The van der Waals surface area contributed by atoms with Crippen LogP contribution >= 0.6 is 11.6 Å². The molecule has 88 valence electrons. The first-order chi connectivity index (χ1) is 7.26. The highest BCUT2D eigenvalue weighted by Crippen LogP contribution is 2.27. The zero-order valence-corrected chi connectivity index (χ0v) is 8.47. The molecule has 0 fully saturated rings. The third-order valence-electron chi connectivity index (χ3n) is 1.52. The topological polar surface area (TPSA) is 46.5 Å². The van der Waals surface area contributed by atoms with Gasteiger partial charge in [-0.15, -0.1) is 13.2 Å². The van der Waals surface area contributed by atoms with Crippen LogP contribution in [0, 0.1) is 0 Å². The highest BCUT2D eigenvalue weighted by Gasteiger charge is 2.31. The quantitative estimate of drug-likeness (QED) is 0.902. The first-order valence-corrected chi connectivity index (χ1v) is 4.41. The van der Waals surface area contributed by atoms with Crippen molar-refractivity contribution in [2.24, 2.45) is 0 Å². The van der Waals surface area contributed by atoms with Crippen LogP contribution in [0.15, 0.2) is 18.2 Å². The molecule has 0 unspecified atom stereocenters. The largest absolute Gasteiger partial charge is 0.573 e. The molecular formula is C9H6ClF3O3. The molecule has 0 aliphatic carbocycles. The number of rotatable bonds is 3. The Labute approximate surface area is 93.4 Å². The second-order valence-corrected chi connectivity index (χ2v) is 3.35. The van der Waals surface area contributed by atoms with Gasteiger partial charge in [0.1, 0.15) is 5.75 Å². The number of hydrogen-bond donors (Lipinski definition) is 1. The lowest BCUT2D eigenvalue weighted by molar-refractivity contribution is -0.274. The Morgan fingerprint density at radius 1 is 1.38 bits per heavy atom. The summed E-state index contributed by atoms with van der Waals surface area (Å²) in [6.07, 6.45) is -5.25. The summed E-state index contributed by atoms with van der Waals surface area (Å²) in [5.74, 6) is -1.70. The number of ether oxygens (including phenoxy) is 1. The highest BCUT2D eigenvalue weighted by molar-refractivity contribution is 6.30. The summed E-state index contributed by atoms with van der Waals surface area (Å²) in [5, 5.41) is 8.46. The van der Waals surface area contributed by atoms with Crippen molar-refractivity contribution in [3.63, 3.8) is 0 Å². The maximum atomic E-state index is 11.9. The summed E-state index contributed by atoms with van der Waals surface area (Å²) in [4.78, 5) is 10.4. The molecule has 0 radical (unpaired) electrons. The number of alkyl halides is 3. The Bertz CT molecular complexity index is 403. The van der Waals surface area contributed by atoms with Crippen molar-refractivity contribution < 1.29 is 27.8 Å². The molecule has 0 amide bonds. The van der Waals surface area contributed by atoms with Crippen molar-refractivity contribution in [3.8, 4) is 5.75 Å². The van der Waals surface area contributed by atoms with E-state index in [2.05, 4.69) is 4.74 Å². The molecule has 0 saturated heterocycles. The van der Waals surface area contributed by atoms with Gasteiger partial charge in [0.25, 0.3) is 0 Å². The molecule has 0 aliphatic rings. The SMILES string of the molecule is O=C(O)Cc1cc(Cl)cc(OC(F)(F)F)c1. The molecule has 1 aromatic rings. The van der Waals surface area contributed by atoms with Crippen LogP contribution in [0.2, 0.25) is 5.02 Å². The monoisotopic (exact) mass is 254 g/mol. The molecule has 0 bridgehead atoms. The normalized spacial score (nSPS) is 11.2. The number of carboxylic acid groups (broad SMARTS) is 1. The van der Waals surface area contributed by atoms with E-state index in [4.69, 9.17) is 16.7 Å². The van der Waals surface area contributed by atoms with Crippen LogP contribution < -0.4 is 4.74 Å². The Morgan fingerprint density at radius 3 is 2.50 bits per heavy atom. The lowest BCUT2D eigenvalue weighted by Gasteiger charge is -2.10. The van der Waals surface area contributed by atoms with Gasteiger partial charge < -0.3 is 9.84 Å². The number of carbonyl (C=O) groups is 1. The van der Waals surface area contributed by atoms with E-state index in [1.54, 1.807) is 0 Å². The third-order valence-corrected chi connectivity index (χ3v) is 1.74. The van der Waals surface area contributed by atoms with Gasteiger partial charge in [-0.05, 0) is 23.8 Å². The van der Waals surface area contributed by atoms with Crippen molar-refractivity contribution in [1.82, 2.24) is 0 Å². The summed E-state index contributed by atoms with van der Waals surface area (Å²) in [5.41, 5.74) is 0.138. The molecule has 7 heteroatoms. The Kier molecular flexibility index (Phi) is 3.64. The Balaban J connectivity index is 2.94. The smallest absolute Gasteiger partial charge is 0.481 e. The minimum Gasteiger partial charge on any atom is -0.481 e. The van der Waals surface area contributed by atoms with Crippen molar-refractivity contribution >= 4 is 17.6 Å². The van der Waals surface area contributed by atoms with E-state index in [-0.39, 0.29) is 10.6 Å². The van der Waals surface area contributed by atoms with Crippen LogP contribution in [0.1, 0.15) is 5.56 Å². The highest BCUT2D eigenvalue weighted by atomic mass is 35.5. The van der Waals surface area contributed by atoms with Crippen molar-refractivity contribution in [2.45, 2.75) is 12.8 Å². The minimum atomic E-state index is -4.83. The van der Waals surface area contributed by atoms with Crippen LogP contribution in [-0.4, -0.2) is 17.4 Å². The summed E-state index contributed by atoms with van der Waals surface area (Å²) in [7, 11) is 0. The number of aliphatic carboxylic acids is 1. The predicted molar refractivity (Wildman–Crippen MR) is 49.5 cm³/mol. The molecule has 0 saturated carbocycles. The molecular weight excluding hydrogens is 249 g/mol. The van der Waals surface area contributed by atoms with Crippen LogP contribution in [0.5, 0.6) is 5.75 Å². The fourth-order valence-corrected chi connectivity index (χ4v) is 1.34. The average Bonchev–Trinajstić information content (AvgIpc) is 1.96. The molecule has 0 atom stereocenters. The van der Waals surface area contributed by atoms with Gasteiger partial charge in [-0.3, -0.25) is 4.79 Å². The molecule has 0 heterocycles. The molecule has 1 rings (SSSR count). The molecule has 0 aromatic heterocycles. The lowest BCUT2D eigenvalue weighted by atomic mass is 10.1. The number of hydrogen-bond acceptors (Lipinski definition) is 2. The molecule has 0 spiro atoms. The first-order valence-electron chi connectivity index (χ1n) is 4.03. The van der Waals surface area contributed by atoms with Gasteiger partial charge in [-0.2, -0.15) is 0 Å². The molecule has 16 heavy (non-hydrogen) atoms. The van der Waals surface area contributed by atoms with E-state index < -0.39 is 24.5 Å². The van der Waals surface area contributed by atoms with Crippen molar-refractivity contribution in [2.75, 3.05) is 0 Å². The number of halogens is 4. The van der Waals surface area contributed by atoms with E-state index in [0.717, 1.165) is 12.1 Å². The van der Waals surface area contributed by atoms with Gasteiger partial charge in [0.15, 0.2) is 0 Å². The van der Waals surface area contributed by atoms with E-state index in [9.17, 15) is 18.0 Å². The third kappa shape index (κ3) is 4.39. The number of carboxylic acids is 1. The standard InChI is InChI=1S/C9H6ClF3O3/c10-6-1-5(3-8(14)15)2-7(4-6)16-9(11,12)13/h1-2,4H,3H2,(H,14,15). The molecule has 3 nitrogen and oxygen atoms in total. The predicted octanol–water partition coefficient (Wildman–Crippen LogP) is 2.87. The summed E-state index contributed by atoms with van der Waals surface area (Å²) in [6.45, 7) is 0. The van der Waals surface area contributed by atoms with Gasteiger partial charge in [-0.1, -0.05) is 11.6 Å². The maximum absolute atomic E-state index is 11.9.